The van der Waals surface area contributed by atoms with E-state index in [0.717, 1.165) is 6.54 Å². The molecule has 1 heterocycles. The maximum atomic E-state index is 5.01. The van der Waals surface area contributed by atoms with E-state index in [0.29, 0.717) is 10.7 Å². The van der Waals surface area contributed by atoms with Crippen LogP contribution < -0.4 is 0 Å². The van der Waals surface area contributed by atoms with Gasteiger partial charge in [-0.05, 0) is 17.8 Å². The van der Waals surface area contributed by atoms with Crippen LogP contribution in [0.1, 0.15) is 18.4 Å². The van der Waals surface area contributed by atoms with E-state index in [1.165, 1.54) is 5.56 Å². The second-order valence-electron chi connectivity index (χ2n) is 3.50. The van der Waals surface area contributed by atoms with Crippen LogP contribution >= 0.6 is 12.2 Å². The average Bonchev–Trinajstić information content (AvgIpc) is 2.66. The van der Waals surface area contributed by atoms with E-state index in [9.17, 15) is 0 Å². The standard InChI is InChI=1S/C10H12N4S/c1-8(9-5-3-2-4-6-9)7-14-10(15)11-12-13-14/h2-6,8H,7H2,1H3,(H,11,13,15). The van der Waals surface area contributed by atoms with Gasteiger partial charge in [0.15, 0.2) is 0 Å². The molecule has 1 aromatic heterocycles. The molecule has 0 spiro atoms. The van der Waals surface area contributed by atoms with Gasteiger partial charge in [-0.15, -0.1) is 0 Å². The Kier molecular flexibility index (Phi) is 2.91. The van der Waals surface area contributed by atoms with Crippen LogP contribution in [-0.2, 0) is 6.54 Å². The Balaban J connectivity index is 2.14. The van der Waals surface area contributed by atoms with Crippen molar-refractivity contribution in [3.8, 4) is 0 Å². The Morgan fingerprint density at radius 2 is 2.13 bits per heavy atom. The number of aromatic nitrogens is 4. The summed E-state index contributed by atoms with van der Waals surface area (Å²) in [5.74, 6) is 0.389. The zero-order valence-corrected chi connectivity index (χ0v) is 9.24. The van der Waals surface area contributed by atoms with Gasteiger partial charge in [0.1, 0.15) is 0 Å². The van der Waals surface area contributed by atoms with E-state index < -0.39 is 0 Å². The molecular formula is C10H12N4S. The number of benzene rings is 1. The molecule has 0 bridgehead atoms. The molecule has 0 saturated heterocycles. The molecule has 1 unspecified atom stereocenters. The molecule has 0 fully saturated rings. The number of nitrogens with zero attached hydrogens (tertiary/aromatic N) is 3. The molecule has 1 atom stereocenters. The number of aromatic amines is 1. The first-order valence-electron chi connectivity index (χ1n) is 4.80. The average molecular weight is 220 g/mol. The second kappa shape index (κ2) is 4.35. The highest BCUT2D eigenvalue weighted by molar-refractivity contribution is 7.71. The van der Waals surface area contributed by atoms with E-state index in [4.69, 9.17) is 12.2 Å². The third kappa shape index (κ3) is 2.30. The number of tetrazole rings is 1. The molecule has 5 heteroatoms. The van der Waals surface area contributed by atoms with Crippen molar-refractivity contribution in [2.45, 2.75) is 19.4 Å². The van der Waals surface area contributed by atoms with Crippen LogP contribution in [0, 0.1) is 4.77 Å². The first kappa shape index (κ1) is 10.0. The highest BCUT2D eigenvalue weighted by Gasteiger charge is 2.06. The Morgan fingerprint density at radius 1 is 1.40 bits per heavy atom. The van der Waals surface area contributed by atoms with Crippen LogP contribution in [0.25, 0.3) is 0 Å². The van der Waals surface area contributed by atoms with Crippen LogP contribution in [0.2, 0.25) is 0 Å². The van der Waals surface area contributed by atoms with E-state index in [-0.39, 0.29) is 0 Å². The molecule has 0 aliphatic carbocycles. The maximum absolute atomic E-state index is 5.01. The van der Waals surface area contributed by atoms with Crippen molar-refractivity contribution < 1.29 is 0 Å². The van der Waals surface area contributed by atoms with Gasteiger partial charge in [-0.1, -0.05) is 47.6 Å². The molecule has 1 N–H and O–H groups in total. The van der Waals surface area contributed by atoms with E-state index in [1.807, 2.05) is 18.2 Å². The lowest BCUT2D eigenvalue weighted by molar-refractivity contribution is 0.522. The number of nitrogens with one attached hydrogen (secondary N) is 1. The highest BCUT2D eigenvalue weighted by atomic mass is 32.1. The smallest absolute Gasteiger partial charge is 0.238 e. The molecule has 0 aliphatic heterocycles. The van der Waals surface area contributed by atoms with Gasteiger partial charge in [-0.25, -0.2) is 4.68 Å². The van der Waals surface area contributed by atoms with Gasteiger partial charge in [0.05, 0.1) is 6.54 Å². The lowest BCUT2D eigenvalue weighted by Gasteiger charge is -2.11. The fourth-order valence-corrected chi connectivity index (χ4v) is 1.65. The van der Waals surface area contributed by atoms with Crippen molar-refractivity contribution in [1.29, 1.82) is 0 Å². The van der Waals surface area contributed by atoms with Gasteiger partial charge < -0.3 is 0 Å². The van der Waals surface area contributed by atoms with Crippen LogP contribution in [0.3, 0.4) is 0 Å². The lowest BCUT2D eigenvalue weighted by Crippen LogP contribution is -2.08. The van der Waals surface area contributed by atoms with Gasteiger partial charge in [-0.3, -0.25) is 0 Å². The first-order chi connectivity index (χ1) is 7.27. The molecule has 78 valence electrons. The largest absolute Gasteiger partial charge is 0.242 e. The minimum absolute atomic E-state index is 0.389. The summed E-state index contributed by atoms with van der Waals surface area (Å²) in [4.78, 5) is 0. The Hall–Kier alpha value is -1.49. The number of hydrogen-bond acceptors (Lipinski definition) is 3. The minimum Gasteiger partial charge on any atom is -0.242 e. The lowest BCUT2D eigenvalue weighted by atomic mass is 10.0. The minimum atomic E-state index is 0.389. The summed E-state index contributed by atoms with van der Waals surface area (Å²) in [5, 5.41) is 10.1. The van der Waals surface area contributed by atoms with E-state index >= 15 is 0 Å². The Labute approximate surface area is 92.9 Å². The molecule has 0 aliphatic rings. The van der Waals surface area contributed by atoms with Crippen molar-refractivity contribution in [1.82, 2.24) is 20.2 Å². The number of H-pyrrole nitrogens is 1. The predicted octanol–water partition coefficient (Wildman–Crippen LogP) is 2.14. The van der Waals surface area contributed by atoms with Gasteiger partial charge >= 0.3 is 0 Å². The summed E-state index contributed by atoms with van der Waals surface area (Å²) in [7, 11) is 0. The fourth-order valence-electron chi connectivity index (χ4n) is 1.50. The van der Waals surface area contributed by atoms with Gasteiger partial charge in [0, 0.05) is 5.92 Å². The SMILES string of the molecule is CC(Cn1[nH]nnc1=S)c1ccccc1. The summed E-state index contributed by atoms with van der Waals surface area (Å²) < 4.78 is 2.27. The normalized spacial score (nSPS) is 12.6. The zero-order valence-electron chi connectivity index (χ0n) is 8.42. The monoisotopic (exact) mass is 220 g/mol. The van der Waals surface area contributed by atoms with Crippen LogP contribution in [-0.4, -0.2) is 20.2 Å². The molecule has 15 heavy (non-hydrogen) atoms. The fraction of sp³-hybridized carbons (Fsp3) is 0.300. The van der Waals surface area contributed by atoms with Crippen molar-refractivity contribution in [3.05, 3.63) is 40.7 Å². The summed E-state index contributed by atoms with van der Waals surface area (Å²) in [6, 6.07) is 10.3. The van der Waals surface area contributed by atoms with Gasteiger partial charge in [0.2, 0.25) is 4.77 Å². The Morgan fingerprint density at radius 3 is 2.73 bits per heavy atom. The van der Waals surface area contributed by atoms with Crippen molar-refractivity contribution in [3.63, 3.8) is 0 Å². The number of hydrogen-bond donors (Lipinski definition) is 1. The Bertz CT molecular complexity index is 473. The van der Waals surface area contributed by atoms with Crippen molar-refractivity contribution in [2.24, 2.45) is 0 Å². The van der Waals surface area contributed by atoms with Crippen molar-refractivity contribution >= 4 is 12.2 Å². The van der Waals surface area contributed by atoms with Crippen LogP contribution in [0.4, 0.5) is 0 Å². The third-order valence-electron chi connectivity index (χ3n) is 2.36. The van der Waals surface area contributed by atoms with Gasteiger partial charge in [-0.2, -0.15) is 5.21 Å². The second-order valence-corrected chi connectivity index (χ2v) is 3.87. The third-order valence-corrected chi connectivity index (χ3v) is 2.66. The molecule has 4 nitrogen and oxygen atoms in total. The molecule has 0 saturated carbocycles. The summed E-state index contributed by atoms with van der Waals surface area (Å²) in [6.45, 7) is 2.92. The molecule has 1 aromatic carbocycles. The molecule has 0 amide bonds. The van der Waals surface area contributed by atoms with Crippen molar-refractivity contribution in [2.75, 3.05) is 0 Å². The molecular weight excluding hydrogens is 208 g/mol. The molecule has 2 rings (SSSR count). The van der Waals surface area contributed by atoms with Gasteiger partial charge in [0.25, 0.3) is 0 Å². The summed E-state index contributed by atoms with van der Waals surface area (Å²) in [5.41, 5.74) is 1.29. The first-order valence-corrected chi connectivity index (χ1v) is 5.21. The maximum Gasteiger partial charge on any atom is 0.238 e. The summed E-state index contributed by atoms with van der Waals surface area (Å²) in [6.07, 6.45) is 0. The van der Waals surface area contributed by atoms with E-state index in [1.54, 1.807) is 4.68 Å². The molecule has 0 radical (unpaired) electrons. The topological polar surface area (TPSA) is 46.5 Å². The quantitative estimate of drug-likeness (QED) is 0.806. The summed E-state index contributed by atoms with van der Waals surface area (Å²) >= 11 is 5.01. The number of rotatable bonds is 3. The zero-order chi connectivity index (χ0) is 10.7. The predicted molar refractivity (Wildman–Crippen MR) is 60.1 cm³/mol. The van der Waals surface area contributed by atoms with Crippen LogP contribution in [0.5, 0.6) is 0 Å². The highest BCUT2D eigenvalue weighted by Crippen LogP contribution is 2.15. The molecule has 2 aromatic rings. The van der Waals surface area contributed by atoms with E-state index in [2.05, 4.69) is 34.6 Å². The van der Waals surface area contributed by atoms with Crippen LogP contribution in [0.15, 0.2) is 30.3 Å².